The third-order valence-electron chi connectivity index (χ3n) is 2.65. The van der Waals surface area contributed by atoms with Crippen molar-refractivity contribution in [3.8, 4) is 0 Å². The van der Waals surface area contributed by atoms with Gasteiger partial charge >= 0.3 is 0 Å². The molecule has 2 nitrogen and oxygen atoms in total. The summed E-state index contributed by atoms with van der Waals surface area (Å²) in [6.07, 6.45) is 0.522. The SMILES string of the molecule is O=C1CC(CBr)CN1c1cccc(F)c1Br. The lowest BCUT2D eigenvalue weighted by Crippen LogP contribution is -2.25. The first-order valence-electron chi connectivity index (χ1n) is 4.94. The molecule has 1 heterocycles. The molecular formula is C11H10Br2FNO. The van der Waals surface area contributed by atoms with Gasteiger partial charge in [-0.15, -0.1) is 0 Å². The predicted molar refractivity (Wildman–Crippen MR) is 68.4 cm³/mol. The minimum atomic E-state index is -0.340. The Labute approximate surface area is 110 Å². The lowest BCUT2D eigenvalue weighted by molar-refractivity contribution is -0.117. The first-order chi connectivity index (χ1) is 7.63. The van der Waals surface area contributed by atoms with Crippen LogP contribution in [0.4, 0.5) is 10.1 Å². The maximum absolute atomic E-state index is 13.3. The van der Waals surface area contributed by atoms with Crippen LogP contribution in [-0.4, -0.2) is 17.8 Å². The van der Waals surface area contributed by atoms with E-state index in [9.17, 15) is 9.18 Å². The van der Waals surface area contributed by atoms with E-state index < -0.39 is 0 Å². The summed E-state index contributed by atoms with van der Waals surface area (Å²) < 4.78 is 13.7. The number of carbonyl (C=O) groups excluding carboxylic acids is 1. The van der Waals surface area contributed by atoms with Crippen LogP contribution in [0.5, 0.6) is 0 Å². The van der Waals surface area contributed by atoms with Gasteiger partial charge in [-0.1, -0.05) is 22.0 Å². The zero-order valence-electron chi connectivity index (χ0n) is 8.42. The first-order valence-corrected chi connectivity index (χ1v) is 6.85. The molecule has 1 unspecified atom stereocenters. The van der Waals surface area contributed by atoms with E-state index in [4.69, 9.17) is 0 Å². The lowest BCUT2D eigenvalue weighted by atomic mass is 10.2. The molecule has 1 aromatic rings. The highest BCUT2D eigenvalue weighted by molar-refractivity contribution is 9.10. The van der Waals surface area contributed by atoms with E-state index in [-0.39, 0.29) is 11.7 Å². The first kappa shape index (κ1) is 12.0. The molecule has 2 rings (SSSR count). The molecule has 0 saturated carbocycles. The van der Waals surface area contributed by atoms with Gasteiger partial charge in [-0.3, -0.25) is 4.79 Å². The number of halogens is 3. The van der Waals surface area contributed by atoms with Crippen molar-refractivity contribution in [3.63, 3.8) is 0 Å². The minimum Gasteiger partial charge on any atom is -0.311 e. The van der Waals surface area contributed by atoms with E-state index in [1.165, 1.54) is 6.07 Å². The summed E-state index contributed by atoms with van der Waals surface area (Å²) in [6, 6.07) is 4.74. The summed E-state index contributed by atoms with van der Waals surface area (Å²) in [7, 11) is 0. The summed E-state index contributed by atoms with van der Waals surface area (Å²) in [5.74, 6) is 0.0195. The Hall–Kier alpha value is -0.420. The van der Waals surface area contributed by atoms with Gasteiger partial charge in [-0.05, 0) is 34.0 Å². The van der Waals surface area contributed by atoms with Crippen molar-refractivity contribution in [2.75, 3.05) is 16.8 Å². The van der Waals surface area contributed by atoms with Gasteiger partial charge in [-0.25, -0.2) is 4.39 Å². The number of alkyl halides is 1. The van der Waals surface area contributed by atoms with Crippen molar-refractivity contribution in [2.24, 2.45) is 5.92 Å². The fourth-order valence-corrected chi connectivity index (χ4v) is 2.73. The monoisotopic (exact) mass is 349 g/mol. The number of rotatable bonds is 2. The van der Waals surface area contributed by atoms with Crippen molar-refractivity contribution in [3.05, 3.63) is 28.5 Å². The fraction of sp³-hybridized carbons (Fsp3) is 0.364. The second-order valence-electron chi connectivity index (χ2n) is 3.80. The van der Waals surface area contributed by atoms with Gasteiger partial charge in [0.15, 0.2) is 0 Å². The Morgan fingerprint density at radius 3 is 2.88 bits per heavy atom. The summed E-state index contributed by atoms with van der Waals surface area (Å²) in [6.45, 7) is 0.645. The predicted octanol–water partition coefficient (Wildman–Crippen LogP) is 3.34. The third-order valence-corrected chi connectivity index (χ3v) is 4.35. The van der Waals surface area contributed by atoms with Crippen LogP contribution in [0.2, 0.25) is 0 Å². The summed E-state index contributed by atoms with van der Waals surface area (Å²) in [5.41, 5.74) is 0.619. The molecule has 0 aromatic heterocycles. The maximum Gasteiger partial charge on any atom is 0.227 e. The molecule has 16 heavy (non-hydrogen) atoms. The van der Waals surface area contributed by atoms with E-state index in [0.717, 1.165) is 5.33 Å². The van der Waals surface area contributed by atoms with Crippen LogP contribution >= 0.6 is 31.9 Å². The molecule has 1 saturated heterocycles. The van der Waals surface area contributed by atoms with Crippen LogP contribution in [0.1, 0.15) is 6.42 Å². The number of hydrogen-bond donors (Lipinski definition) is 0. The average molecular weight is 351 g/mol. The van der Waals surface area contributed by atoms with Crippen LogP contribution in [0.15, 0.2) is 22.7 Å². The molecule has 0 spiro atoms. The Morgan fingerprint density at radius 2 is 2.25 bits per heavy atom. The molecule has 86 valence electrons. The van der Waals surface area contributed by atoms with Crippen molar-refractivity contribution in [1.29, 1.82) is 0 Å². The van der Waals surface area contributed by atoms with Gasteiger partial charge in [0.2, 0.25) is 5.91 Å². The second kappa shape index (κ2) is 4.84. The summed E-state index contributed by atoms with van der Waals surface area (Å²) >= 11 is 6.55. The Morgan fingerprint density at radius 1 is 1.50 bits per heavy atom. The quantitative estimate of drug-likeness (QED) is 0.749. The molecule has 0 bridgehead atoms. The average Bonchev–Trinajstić information content (AvgIpc) is 2.64. The molecule has 0 radical (unpaired) electrons. The van der Waals surface area contributed by atoms with Crippen LogP contribution in [-0.2, 0) is 4.79 Å². The van der Waals surface area contributed by atoms with Gasteiger partial charge in [0.1, 0.15) is 5.82 Å². The molecular weight excluding hydrogens is 341 g/mol. The standard InChI is InChI=1S/C11H10Br2FNO/c12-5-7-4-10(16)15(6-7)9-3-1-2-8(14)11(9)13/h1-3,7H,4-6H2. The molecule has 1 fully saturated rings. The summed E-state index contributed by atoms with van der Waals surface area (Å²) in [4.78, 5) is 13.4. The van der Waals surface area contributed by atoms with Crippen molar-refractivity contribution in [1.82, 2.24) is 0 Å². The summed E-state index contributed by atoms with van der Waals surface area (Å²) in [5, 5.41) is 0.794. The van der Waals surface area contributed by atoms with E-state index in [1.807, 2.05) is 0 Å². The highest BCUT2D eigenvalue weighted by Gasteiger charge is 2.31. The van der Waals surface area contributed by atoms with Crippen molar-refractivity contribution < 1.29 is 9.18 Å². The number of carbonyl (C=O) groups is 1. The van der Waals surface area contributed by atoms with E-state index >= 15 is 0 Å². The highest BCUT2D eigenvalue weighted by atomic mass is 79.9. The lowest BCUT2D eigenvalue weighted by Gasteiger charge is -2.18. The minimum absolute atomic E-state index is 0.0516. The Kier molecular flexibility index (Phi) is 3.64. The van der Waals surface area contributed by atoms with Crippen LogP contribution in [0, 0.1) is 11.7 Å². The number of amides is 1. The van der Waals surface area contributed by atoms with Gasteiger partial charge in [0.25, 0.3) is 0 Å². The van der Waals surface area contributed by atoms with E-state index in [1.54, 1.807) is 17.0 Å². The molecule has 1 amide bonds. The Bertz CT molecular complexity index is 424. The largest absolute Gasteiger partial charge is 0.311 e. The smallest absolute Gasteiger partial charge is 0.227 e. The van der Waals surface area contributed by atoms with E-state index in [0.29, 0.717) is 29.0 Å². The third kappa shape index (κ3) is 2.15. The maximum atomic E-state index is 13.3. The van der Waals surface area contributed by atoms with Crippen LogP contribution in [0.3, 0.4) is 0 Å². The van der Waals surface area contributed by atoms with Gasteiger partial charge in [0, 0.05) is 18.3 Å². The van der Waals surface area contributed by atoms with Gasteiger partial charge in [0.05, 0.1) is 10.2 Å². The van der Waals surface area contributed by atoms with Gasteiger partial charge in [-0.2, -0.15) is 0 Å². The zero-order chi connectivity index (χ0) is 11.7. The van der Waals surface area contributed by atoms with E-state index in [2.05, 4.69) is 31.9 Å². The number of anilines is 1. The number of hydrogen-bond acceptors (Lipinski definition) is 1. The molecule has 0 N–H and O–H groups in total. The van der Waals surface area contributed by atoms with Gasteiger partial charge < -0.3 is 4.90 Å². The zero-order valence-corrected chi connectivity index (χ0v) is 11.6. The van der Waals surface area contributed by atoms with Crippen LogP contribution in [0.25, 0.3) is 0 Å². The molecule has 0 aliphatic carbocycles. The number of nitrogens with zero attached hydrogens (tertiary/aromatic N) is 1. The van der Waals surface area contributed by atoms with Crippen molar-refractivity contribution >= 4 is 43.5 Å². The van der Waals surface area contributed by atoms with Crippen molar-refractivity contribution in [2.45, 2.75) is 6.42 Å². The molecule has 5 heteroatoms. The highest BCUT2D eigenvalue weighted by Crippen LogP contribution is 2.33. The fourth-order valence-electron chi connectivity index (χ4n) is 1.82. The second-order valence-corrected chi connectivity index (χ2v) is 5.24. The van der Waals surface area contributed by atoms with Crippen LogP contribution < -0.4 is 4.90 Å². The molecule has 1 aliphatic rings. The molecule has 1 aromatic carbocycles. The molecule has 1 atom stereocenters. The normalized spacial score (nSPS) is 20.6. The topological polar surface area (TPSA) is 20.3 Å². The molecule has 1 aliphatic heterocycles. The Balaban J connectivity index is 2.31. The number of benzene rings is 1.